The Hall–Kier alpha value is -1.42. The minimum Gasteiger partial charge on any atom is -0.358 e. The van der Waals surface area contributed by atoms with Crippen molar-refractivity contribution >= 4 is 5.91 Å². The maximum absolute atomic E-state index is 13.0. The van der Waals surface area contributed by atoms with Crippen LogP contribution in [0.25, 0.3) is 0 Å². The van der Waals surface area contributed by atoms with Crippen molar-refractivity contribution in [3.8, 4) is 0 Å². The Kier molecular flexibility index (Phi) is 4.43. The van der Waals surface area contributed by atoms with Gasteiger partial charge in [0.1, 0.15) is 5.82 Å². The molecule has 0 aliphatic heterocycles. The Morgan fingerprint density at radius 3 is 2.81 bits per heavy atom. The summed E-state index contributed by atoms with van der Waals surface area (Å²) in [5, 5.41) is 5.59. The van der Waals surface area contributed by atoms with Gasteiger partial charge in [-0.3, -0.25) is 4.79 Å². The van der Waals surface area contributed by atoms with E-state index < -0.39 is 0 Å². The molecule has 2 N–H and O–H groups in total. The molecule has 4 heteroatoms. The largest absolute Gasteiger partial charge is 0.358 e. The van der Waals surface area contributed by atoms with Crippen molar-refractivity contribution in [3.05, 3.63) is 35.1 Å². The number of hydrogen-bond acceptors (Lipinski definition) is 2. The van der Waals surface area contributed by atoms with E-state index in [0.717, 1.165) is 11.1 Å². The van der Waals surface area contributed by atoms with Gasteiger partial charge in [0, 0.05) is 13.6 Å². The molecule has 16 heavy (non-hydrogen) atoms. The molecule has 0 saturated heterocycles. The fraction of sp³-hybridized carbons (Fsp3) is 0.417. The first kappa shape index (κ1) is 12.6. The fourth-order valence-corrected chi connectivity index (χ4v) is 1.40. The first-order valence-electron chi connectivity index (χ1n) is 5.24. The zero-order valence-electron chi connectivity index (χ0n) is 9.80. The molecule has 0 aliphatic rings. The van der Waals surface area contributed by atoms with Crippen molar-refractivity contribution < 1.29 is 9.18 Å². The van der Waals surface area contributed by atoms with Crippen molar-refractivity contribution in [3.63, 3.8) is 0 Å². The predicted molar refractivity (Wildman–Crippen MR) is 61.5 cm³/mol. The van der Waals surface area contributed by atoms with Gasteiger partial charge in [0.2, 0.25) is 5.91 Å². The minimum atomic E-state index is -0.285. The van der Waals surface area contributed by atoms with E-state index in [2.05, 4.69) is 10.6 Å². The molecule has 1 aromatic rings. The van der Waals surface area contributed by atoms with Crippen molar-refractivity contribution in [1.29, 1.82) is 0 Å². The molecule has 0 aromatic heterocycles. The highest BCUT2D eigenvalue weighted by Crippen LogP contribution is 2.09. The second-order valence-corrected chi connectivity index (χ2v) is 3.79. The number of carbonyl (C=O) groups is 1. The number of hydrogen-bond donors (Lipinski definition) is 2. The van der Waals surface area contributed by atoms with Crippen molar-refractivity contribution in [2.75, 3.05) is 7.05 Å². The molecule has 0 bridgehead atoms. The Bertz CT molecular complexity index is 379. The molecule has 3 nitrogen and oxygen atoms in total. The van der Waals surface area contributed by atoms with E-state index >= 15 is 0 Å². The van der Waals surface area contributed by atoms with Gasteiger partial charge in [-0.15, -0.1) is 0 Å². The van der Waals surface area contributed by atoms with Gasteiger partial charge < -0.3 is 10.6 Å². The summed E-state index contributed by atoms with van der Waals surface area (Å²) in [5.41, 5.74) is 1.88. The maximum atomic E-state index is 13.0. The van der Waals surface area contributed by atoms with E-state index in [9.17, 15) is 9.18 Å². The van der Waals surface area contributed by atoms with Gasteiger partial charge in [-0.05, 0) is 37.1 Å². The molecule has 88 valence electrons. The predicted octanol–water partition coefficient (Wildman–Crippen LogP) is 1.36. The van der Waals surface area contributed by atoms with Crippen LogP contribution in [0.4, 0.5) is 4.39 Å². The van der Waals surface area contributed by atoms with Crippen LogP contribution < -0.4 is 10.6 Å². The van der Waals surface area contributed by atoms with Crippen LogP contribution in [0.15, 0.2) is 18.2 Å². The average molecular weight is 224 g/mol. The van der Waals surface area contributed by atoms with Crippen molar-refractivity contribution in [2.45, 2.75) is 26.4 Å². The Labute approximate surface area is 95.0 Å². The lowest BCUT2D eigenvalue weighted by atomic mass is 10.1. The molecule has 0 saturated carbocycles. The van der Waals surface area contributed by atoms with E-state index in [1.807, 2.05) is 6.92 Å². The standard InChI is InChI=1S/C12H17FN2O/c1-8-4-5-11(13)6-10(8)7-15-9(2)12(16)14-3/h4-6,9,15H,7H2,1-3H3,(H,14,16)/t9-/m1/s1. The summed E-state index contributed by atoms with van der Waals surface area (Å²) >= 11 is 0. The first-order chi connectivity index (χ1) is 7.54. The molecule has 0 radical (unpaired) electrons. The lowest BCUT2D eigenvalue weighted by molar-refractivity contribution is -0.122. The second kappa shape index (κ2) is 5.61. The summed E-state index contributed by atoms with van der Waals surface area (Å²) in [7, 11) is 1.59. The molecule has 0 fully saturated rings. The summed E-state index contributed by atoms with van der Waals surface area (Å²) in [6, 6.07) is 4.37. The van der Waals surface area contributed by atoms with Crippen LogP contribution in [-0.2, 0) is 11.3 Å². The zero-order valence-corrected chi connectivity index (χ0v) is 9.80. The number of benzene rings is 1. The average Bonchev–Trinajstić information content (AvgIpc) is 2.28. The lowest BCUT2D eigenvalue weighted by Crippen LogP contribution is -2.40. The monoisotopic (exact) mass is 224 g/mol. The molecule has 1 aromatic carbocycles. The lowest BCUT2D eigenvalue weighted by Gasteiger charge is -2.13. The van der Waals surface area contributed by atoms with E-state index in [-0.39, 0.29) is 17.8 Å². The SMILES string of the molecule is CNC(=O)[C@@H](C)NCc1cc(F)ccc1C. The number of nitrogens with one attached hydrogen (secondary N) is 2. The van der Waals surface area contributed by atoms with Crippen molar-refractivity contribution in [1.82, 2.24) is 10.6 Å². The van der Waals surface area contributed by atoms with E-state index in [1.54, 1.807) is 20.0 Å². The second-order valence-electron chi connectivity index (χ2n) is 3.79. The molecule has 1 atom stereocenters. The number of amides is 1. The molecule has 0 aliphatic carbocycles. The Morgan fingerprint density at radius 1 is 1.50 bits per heavy atom. The van der Waals surface area contributed by atoms with Crippen LogP contribution in [0.3, 0.4) is 0 Å². The van der Waals surface area contributed by atoms with Crippen LogP contribution in [0.2, 0.25) is 0 Å². The number of likely N-dealkylation sites (N-methyl/N-ethyl adjacent to an activating group) is 1. The minimum absolute atomic E-state index is 0.0749. The molecule has 0 heterocycles. The van der Waals surface area contributed by atoms with Gasteiger partial charge in [-0.2, -0.15) is 0 Å². The summed E-state index contributed by atoms with van der Waals surface area (Å²) in [4.78, 5) is 11.2. The molecule has 1 rings (SSSR count). The molecule has 1 amide bonds. The Morgan fingerprint density at radius 2 is 2.19 bits per heavy atom. The van der Waals surface area contributed by atoms with E-state index in [4.69, 9.17) is 0 Å². The number of rotatable bonds is 4. The van der Waals surface area contributed by atoms with Gasteiger partial charge in [-0.1, -0.05) is 6.07 Å². The summed E-state index contributed by atoms with van der Waals surface area (Å²) < 4.78 is 13.0. The van der Waals surface area contributed by atoms with Crippen LogP contribution in [0.5, 0.6) is 0 Å². The van der Waals surface area contributed by atoms with Crippen molar-refractivity contribution in [2.24, 2.45) is 0 Å². The number of carbonyl (C=O) groups excluding carboxylic acids is 1. The molecule has 0 spiro atoms. The highest BCUT2D eigenvalue weighted by Gasteiger charge is 2.10. The molecule has 0 unspecified atom stereocenters. The third-order valence-electron chi connectivity index (χ3n) is 2.55. The molecular weight excluding hydrogens is 207 g/mol. The van der Waals surface area contributed by atoms with Gasteiger partial charge >= 0.3 is 0 Å². The maximum Gasteiger partial charge on any atom is 0.236 e. The third kappa shape index (κ3) is 3.31. The van der Waals surface area contributed by atoms with E-state index in [0.29, 0.717) is 6.54 Å². The first-order valence-corrected chi connectivity index (χ1v) is 5.24. The van der Waals surface area contributed by atoms with Crippen LogP contribution in [0, 0.1) is 12.7 Å². The normalized spacial score (nSPS) is 12.2. The van der Waals surface area contributed by atoms with Gasteiger partial charge in [0.25, 0.3) is 0 Å². The van der Waals surface area contributed by atoms with Gasteiger partial charge in [0.15, 0.2) is 0 Å². The smallest absolute Gasteiger partial charge is 0.236 e. The fourth-order valence-electron chi connectivity index (χ4n) is 1.40. The number of halogens is 1. The van der Waals surface area contributed by atoms with Crippen LogP contribution in [-0.4, -0.2) is 19.0 Å². The topological polar surface area (TPSA) is 41.1 Å². The van der Waals surface area contributed by atoms with E-state index in [1.165, 1.54) is 12.1 Å². The zero-order chi connectivity index (χ0) is 12.1. The summed E-state index contributed by atoms with van der Waals surface area (Å²) in [5.74, 6) is -0.330. The molecular formula is C12H17FN2O. The Balaban J connectivity index is 2.60. The highest BCUT2D eigenvalue weighted by molar-refractivity contribution is 5.80. The summed E-state index contributed by atoms with van der Waals surface area (Å²) in [6.45, 7) is 4.17. The summed E-state index contributed by atoms with van der Waals surface area (Å²) in [6.07, 6.45) is 0. The van der Waals surface area contributed by atoms with Gasteiger partial charge in [-0.25, -0.2) is 4.39 Å². The highest BCUT2D eigenvalue weighted by atomic mass is 19.1. The quantitative estimate of drug-likeness (QED) is 0.810. The van der Waals surface area contributed by atoms with Crippen LogP contribution in [0.1, 0.15) is 18.1 Å². The van der Waals surface area contributed by atoms with Crippen LogP contribution >= 0.6 is 0 Å². The van der Waals surface area contributed by atoms with Gasteiger partial charge in [0.05, 0.1) is 6.04 Å². The third-order valence-corrected chi connectivity index (χ3v) is 2.55. The number of aryl methyl sites for hydroxylation is 1.